The summed E-state index contributed by atoms with van der Waals surface area (Å²) in [4.78, 5) is 11.6. The molecule has 1 N–H and O–H groups in total. The molecule has 0 aliphatic rings. The number of benzene rings is 2. The lowest BCUT2D eigenvalue weighted by atomic mass is 10.1. The Morgan fingerprint density at radius 2 is 1.62 bits per heavy atom. The molecule has 1 amide bonds. The van der Waals surface area contributed by atoms with Crippen molar-refractivity contribution in [2.75, 3.05) is 6.54 Å². The lowest BCUT2D eigenvalue weighted by Gasteiger charge is -2.14. The number of amides is 1. The summed E-state index contributed by atoms with van der Waals surface area (Å²) in [6, 6.07) is 15.9. The van der Waals surface area contributed by atoms with Gasteiger partial charge in [-0.25, -0.2) is 0 Å². The molecule has 0 aromatic heterocycles. The lowest BCUT2D eigenvalue weighted by molar-refractivity contribution is -0.127. The normalized spacial score (nSPS) is 11.8. The quantitative estimate of drug-likeness (QED) is 0.886. The smallest absolute Gasteiger partial charge is 0.260 e. The monoisotopic (exact) mass is 347 g/mol. The molecule has 0 spiro atoms. The van der Waals surface area contributed by atoms with E-state index < -0.39 is 6.10 Å². The van der Waals surface area contributed by atoms with Crippen molar-refractivity contribution < 1.29 is 9.53 Å². The van der Waals surface area contributed by atoms with Gasteiger partial charge in [-0.05, 0) is 49.2 Å². The fourth-order valence-electron chi connectivity index (χ4n) is 1.94. The van der Waals surface area contributed by atoms with Gasteiger partial charge in [0.15, 0.2) is 6.10 Å². The molecule has 2 aromatic rings. The zero-order chi connectivity index (χ0) is 15.2. The van der Waals surface area contributed by atoms with Crippen LogP contribution in [0.1, 0.15) is 13.8 Å². The Morgan fingerprint density at radius 1 is 1.10 bits per heavy atom. The second-order valence-corrected chi connectivity index (χ2v) is 5.60. The number of halogens is 1. The van der Waals surface area contributed by atoms with Gasteiger partial charge in [-0.2, -0.15) is 0 Å². The molecule has 1 atom stereocenters. The van der Waals surface area contributed by atoms with Gasteiger partial charge in [0.05, 0.1) is 0 Å². The maximum atomic E-state index is 11.6. The maximum Gasteiger partial charge on any atom is 0.260 e. The zero-order valence-electron chi connectivity index (χ0n) is 12.1. The molecule has 0 bridgehead atoms. The highest BCUT2D eigenvalue weighted by molar-refractivity contribution is 9.10. The Balaban J connectivity index is 2.05. The highest BCUT2D eigenvalue weighted by Crippen LogP contribution is 2.24. The molecule has 0 aliphatic heterocycles. The van der Waals surface area contributed by atoms with Crippen molar-refractivity contribution in [2.45, 2.75) is 20.0 Å². The first kappa shape index (κ1) is 15.6. The molecule has 2 rings (SSSR count). The minimum atomic E-state index is -0.497. The minimum absolute atomic E-state index is 0.102. The van der Waals surface area contributed by atoms with E-state index in [0.717, 1.165) is 15.6 Å². The van der Waals surface area contributed by atoms with Crippen LogP contribution in [0.25, 0.3) is 11.1 Å². The topological polar surface area (TPSA) is 38.3 Å². The Hall–Kier alpha value is -1.81. The van der Waals surface area contributed by atoms with Crippen LogP contribution in [0.4, 0.5) is 0 Å². The van der Waals surface area contributed by atoms with Gasteiger partial charge in [-0.15, -0.1) is 0 Å². The van der Waals surface area contributed by atoms with Crippen molar-refractivity contribution in [3.05, 3.63) is 53.0 Å². The second-order valence-electron chi connectivity index (χ2n) is 4.69. The van der Waals surface area contributed by atoms with Gasteiger partial charge < -0.3 is 10.1 Å². The molecule has 0 unspecified atom stereocenters. The van der Waals surface area contributed by atoms with E-state index in [1.165, 1.54) is 0 Å². The maximum absolute atomic E-state index is 11.6. The van der Waals surface area contributed by atoms with Gasteiger partial charge >= 0.3 is 0 Å². The molecule has 0 heterocycles. The number of carbonyl (C=O) groups excluding carboxylic acids is 1. The molecule has 0 aliphatic carbocycles. The van der Waals surface area contributed by atoms with Gasteiger partial charge in [-0.1, -0.05) is 40.2 Å². The fraction of sp³-hybridized carbons (Fsp3) is 0.235. The number of carbonyl (C=O) groups is 1. The van der Waals surface area contributed by atoms with Gasteiger partial charge in [0.1, 0.15) is 5.75 Å². The summed E-state index contributed by atoms with van der Waals surface area (Å²) in [6.45, 7) is 4.24. The SMILES string of the molecule is CCNC(=O)[C@@H](C)Oc1ccc(-c2ccc(Br)cc2)cc1. The van der Waals surface area contributed by atoms with Gasteiger partial charge in [0, 0.05) is 11.0 Å². The average molecular weight is 348 g/mol. The van der Waals surface area contributed by atoms with Crippen molar-refractivity contribution in [3.8, 4) is 16.9 Å². The molecular formula is C17H18BrNO2. The summed E-state index contributed by atoms with van der Waals surface area (Å²) in [6.07, 6.45) is -0.497. The van der Waals surface area contributed by atoms with Crippen LogP contribution >= 0.6 is 15.9 Å². The molecule has 21 heavy (non-hydrogen) atoms. The Kier molecular flexibility index (Phi) is 5.39. The molecular weight excluding hydrogens is 330 g/mol. The molecule has 0 radical (unpaired) electrons. The minimum Gasteiger partial charge on any atom is -0.481 e. The van der Waals surface area contributed by atoms with Gasteiger partial charge in [-0.3, -0.25) is 4.79 Å². The number of likely N-dealkylation sites (N-methyl/N-ethyl adjacent to an activating group) is 1. The van der Waals surface area contributed by atoms with E-state index in [-0.39, 0.29) is 5.91 Å². The van der Waals surface area contributed by atoms with E-state index in [1.54, 1.807) is 6.92 Å². The highest BCUT2D eigenvalue weighted by atomic mass is 79.9. The molecule has 0 fully saturated rings. The summed E-state index contributed by atoms with van der Waals surface area (Å²) in [7, 11) is 0. The van der Waals surface area contributed by atoms with Gasteiger partial charge in [0.25, 0.3) is 5.91 Å². The van der Waals surface area contributed by atoms with Crippen LogP contribution in [0.3, 0.4) is 0 Å². The predicted octanol–water partition coefficient (Wildman–Crippen LogP) is 4.02. The molecule has 110 valence electrons. The van der Waals surface area contributed by atoms with E-state index in [2.05, 4.69) is 33.4 Å². The Bertz CT molecular complexity index is 593. The standard InChI is InChI=1S/C17H18BrNO2/c1-3-19-17(20)12(2)21-16-10-6-14(7-11-16)13-4-8-15(18)9-5-13/h4-12H,3H2,1-2H3,(H,19,20)/t12-/m1/s1. The molecule has 2 aromatic carbocycles. The van der Waals surface area contributed by atoms with Crippen LogP contribution in [0.15, 0.2) is 53.0 Å². The average Bonchev–Trinajstić information content (AvgIpc) is 2.49. The fourth-order valence-corrected chi connectivity index (χ4v) is 2.21. The number of hydrogen-bond donors (Lipinski definition) is 1. The van der Waals surface area contributed by atoms with Crippen molar-refractivity contribution >= 4 is 21.8 Å². The largest absolute Gasteiger partial charge is 0.481 e. The lowest BCUT2D eigenvalue weighted by Crippen LogP contribution is -2.36. The van der Waals surface area contributed by atoms with Crippen molar-refractivity contribution in [2.24, 2.45) is 0 Å². The highest BCUT2D eigenvalue weighted by Gasteiger charge is 2.13. The number of rotatable bonds is 5. The zero-order valence-corrected chi connectivity index (χ0v) is 13.7. The summed E-state index contributed by atoms with van der Waals surface area (Å²) in [5.74, 6) is 0.587. The van der Waals surface area contributed by atoms with E-state index in [1.807, 2.05) is 43.3 Å². The van der Waals surface area contributed by atoms with Crippen LogP contribution in [0.5, 0.6) is 5.75 Å². The second kappa shape index (κ2) is 7.27. The van der Waals surface area contributed by atoms with Crippen LogP contribution in [-0.2, 0) is 4.79 Å². The van der Waals surface area contributed by atoms with E-state index in [0.29, 0.717) is 12.3 Å². The third-order valence-corrected chi connectivity index (χ3v) is 3.59. The third-order valence-electron chi connectivity index (χ3n) is 3.06. The summed E-state index contributed by atoms with van der Waals surface area (Å²) >= 11 is 3.43. The molecule has 0 saturated carbocycles. The Morgan fingerprint density at radius 3 is 2.14 bits per heavy atom. The van der Waals surface area contributed by atoms with Crippen molar-refractivity contribution in [1.29, 1.82) is 0 Å². The van der Waals surface area contributed by atoms with Crippen LogP contribution in [-0.4, -0.2) is 18.6 Å². The number of ether oxygens (including phenoxy) is 1. The van der Waals surface area contributed by atoms with E-state index in [4.69, 9.17) is 4.74 Å². The van der Waals surface area contributed by atoms with Crippen LogP contribution in [0, 0.1) is 0 Å². The molecule has 0 saturated heterocycles. The molecule has 3 nitrogen and oxygen atoms in total. The summed E-state index contributed by atoms with van der Waals surface area (Å²) in [5, 5.41) is 2.74. The first-order valence-electron chi connectivity index (χ1n) is 6.90. The summed E-state index contributed by atoms with van der Waals surface area (Å²) in [5.41, 5.74) is 2.25. The summed E-state index contributed by atoms with van der Waals surface area (Å²) < 4.78 is 6.68. The van der Waals surface area contributed by atoms with E-state index >= 15 is 0 Å². The Labute approximate surface area is 133 Å². The van der Waals surface area contributed by atoms with Crippen molar-refractivity contribution in [3.63, 3.8) is 0 Å². The third kappa shape index (κ3) is 4.33. The predicted molar refractivity (Wildman–Crippen MR) is 88.4 cm³/mol. The van der Waals surface area contributed by atoms with Crippen LogP contribution in [0.2, 0.25) is 0 Å². The van der Waals surface area contributed by atoms with E-state index in [9.17, 15) is 4.79 Å². The first-order chi connectivity index (χ1) is 10.1. The van der Waals surface area contributed by atoms with Gasteiger partial charge in [0.2, 0.25) is 0 Å². The van der Waals surface area contributed by atoms with Crippen molar-refractivity contribution in [1.82, 2.24) is 5.32 Å². The number of hydrogen-bond acceptors (Lipinski definition) is 2. The number of nitrogens with one attached hydrogen (secondary N) is 1. The first-order valence-corrected chi connectivity index (χ1v) is 7.70. The molecule has 4 heteroatoms. The van der Waals surface area contributed by atoms with Crippen LogP contribution < -0.4 is 10.1 Å².